The molecular weight excluding hydrogens is 461 g/mol. The van der Waals surface area contributed by atoms with Gasteiger partial charge in [-0.15, -0.1) is 0 Å². The predicted molar refractivity (Wildman–Crippen MR) is 129 cm³/mol. The van der Waals surface area contributed by atoms with E-state index in [4.69, 9.17) is 0 Å². The molecular formula is C24H16FN3O3S2. The third-order valence-electron chi connectivity index (χ3n) is 5.04. The Balaban J connectivity index is 1.44. The molecule has 0 bridgehead atoms. The van der Waals surface area contributed by atoms with Crippen LogP contribution in [0.5, 0.6) is 0 Å². The molecule has 0 unspecified atom stereocenters. The van der Waals surface area contributed by atoms with Crippen molar-refractivity contribution in [3.05, 3.63) is 96.3 Å². The lowest BCUT2D eigenvalue weighted by molar-refractivity contribution is 0.102. The number of halogens is 1. The van der Waals surface area contributed by atoms with Gasteiger partial charge in [-0.05, 0) is 47.9 Å². The van der Waals surface area contributed by atoms with Crippen LogP contribution in [0.3, 0.4) is 0 Å². The zero-order valence-corrected chi connectivity index (χ0v) is 18.6. The van der Waals surface area contributed by atoms with Gasteiger partial charge in [-0.1, -0.05) is 53.8 Å². The number of hydrogen-bond donors (Lipinski definition) is 2. The van der Waals surface area contributed by atoms with Crippen molar-refractivity contribution in [3.8, 4) is 0 Å². The van der Waals surface area contributed by atoms with Gasteiger partial charge in [0.05, 0.1) is 26.4 Å². The third-order valence-corrected chi connectivity index (χ3v) is 7.44. The smallest absolute Gasteiger partial charge is 0.261 e. The second kappa shape index (κ2) is 8.27. The number of aromatic nitrogens is 1. The molecule has 6 nitrogen and oxygen atoms in total. The molecule has 1 amide bonds. The number of sulfonamides is 1. The fourth-order valence-corrected chi connectivity index (χ4v) is 5.54. The molecule has 164 valence electrons. The molecule has 9 heteroatoms. The highest BCUT2D eigenvalue weighted by atomic mass is 32.2. The van der Waals surface area contributed by atoms with Crippen molar-refractivity contribution >= 4 is 59.1 Å². The second-order valence-electron chi connectivity index (χ2n) is 7.21. The van der Waals surface area contributed by atoms with Crippen molar-refractivity contribution in [1.82, 2.24) is 4.98 Å². The molecule has 1 heterocycles. The van der Waals surface area contributed by atoms with Crippen molar-refractivity contribution in [1.29, 1.82) is 0 Å². The van der Waals surface area contributed by atoms with Crippen LogP contribution in [-0.4, -0.2) is 19.3 Å². The maximum Gasteiger partial charge on any atom is 0.261 e. The Hall–Kier alpha value is -3.82. The van der Waals surface area contributed by atoms with Crippen molar-refractivity contribution in [3.63, 3.8) is 0 Å². The molecule has 0 aliphatic heterocycles. The Labute approximate surface area is 192 Å². The second-order valence-corrected chi connectivity index (χ2v) is 9.89. The lowest BCUT2D eigenvalue weighted by atomic mass is 10.1. The van der Waals surface area contributed by atoms with E-state index in [1.807, 2.05) is 36.4 Å². The SMILES string of the molecule is O=C(Nc1nc2ccc3ccccc3c2s1)c1ccccc1NS(=O)(=O)c1ccc(F)cc1. The molecule has 2 N–H and O–H groups in total. The van der Waals surface area contributed by atoms with Gasteiger partial charge in [0, 0.05) is 5.39 Å². The van der Waals surface area contributed by atoms with E-state index in [9.17, 15) is 17.6 Å². The number of hydrogen-bond acceptors (Lipinski definition) is 5. The summed E-state index contributed by atoms with van der Waals surface area (Å²) in [7, 11) is -4.01. The van der Waals surface area contributed by atoms with E-state index in [-0.39, 0.29) is 16.1 Å². The molecule has 0 spiro atoms. The average molecular weight is 478 g/mol. The Morgan fingerprint density at radius 3 is 2.42 bits per heavy atom. The van der Waals surface area contributed by atoms with Crippen molar-refractivity contribution in [2.24, 2.45) is 0 Å². The topological polar surface area (TPSA) is 88.2 Å². The number of benzene rings is 4. The van der Waals surface area contributed by atoms with Crippen LogP contribution < -0.4 is 10.0 Å². The summed E-state index contributed by atoms with van der Waals surface area (Å²) in [5.41, 5.74) is 0.998. The minimum atomic E-state index is -4.01. The Morgan fingerprint density at radius 2 is 1.61 bits per heavy atom. The fraction of sp³-hybridized carbons (Fsp3) is 0. The number of carbonyl (C=O) groups excluding carboxylic acids is 1. The van der Waals surface area contributed by atoms with Gasteiger partial charge in [0.25, 0.3) is 15.9 Å². The van der Waals surface area contributed by atoms with Crippen LogP contribution in [0.25, 0.3) is 21.0 Å². The number of anilines is 2. The summed E-state index contributed by atoms with van der Waals surface area (Å²) in [6.07, 6.45) is 0. The van der Waals surface area contributed by atoms with Gasteiger partial charge in [0.2, 0.25) is 0 Å². The molecule has 0 aliphatic carbocycles. The van der Waals surface area contributed by atoms with Crippen LogP contribution in [0.15, 0.2) is 89.8 Å². The lowest BCUT2D eigenvalue weighted by Gasteiger charge is -2.12. The standard InChI is InChI=1S/C24H16FN3O3S2/c25-16-10-12-17(13-11-16)33(30,31)28-20-8-4-3-7-19(20)23(29)27-24-26-21-14-9-15-5-1-2-6-18(15)22(21)32-24/h1-14,28H,(H,26,27,29). The number of nitrogens with zero attached hydrogens (tertiary/aromatic N) is 1. The summed E-state index contributed by atoms with van der Waals surface area (Å²) in [4.78, 5) is 17.4. The van der Waals surface area contributed by atoms with Gasteiger partial charge in [-0.2, -0.15) is 0 Å². The van der Waals surface area contributed by atoms with Gasteiger partial charge in [0.1, 0.15) is 5.82 Å². The first-order chi connectivity index (χ1) is 15.9. The number of amides is 1. The Bertz CT molecular complexity index is 1610. The van der Waals surface area contributed by atoms with Gasteiger partial charge in [-0.25, -0.2) is 17.8 Å². The monoisotopic (exact) mass is 477 g/mol. The fourth-order valence-electron chi connectivity index (χ4n) is 3.46. The molecule has 4 aromatic carbocycles. The summed E-state index contributed by atoms with van der Waals surface area (Å²) in [6, 6.07) is 22.5. The van der Waals surface area contributed by atoms with E-state index < -0.39 is 21.7 Å². The quantitative estimate of drug-likeness (QED) is 0.343. The van der Waals surface area contributed by atoms with Crippen LogP contribution in [0.1, 0.15) is 10.4 Å². The third kappa shape index (κ3) is 4.15. The van der Waals surface area contributed by atoms with Gasteiger partial charge < -0.3 is 0 Å². The number of carbonyl (C=O) groups is 1. The zero-order chi connectivity index (χ0) is 23.0. The van der Waals surface area contributed by atoms with Gasteiger partial charge >= 0.3 is 0 Å². The first kappa shape index (κ1) is 21.0. The molecule has 0 atom stereocenters. The van der Waals surface area contributed by atoms with E-state index >= 15 is 0 Å². The van der Waals surface area contributed by atoms with E-state index in [0.29, 0.717) is 5.13 Å². The summed E-state index contributed by atoms with van der Waals surface area (Å²) in [5, 5.41) is 5.29. The van der Waals surface area contributed by atoms with Crippen molar-refractivity contribution < 1.29 is 17.6 Å². The zero-order valence-electron chi connectivity index (χ0n) is 16.9. The summed E-state index contributed by atoms with van der Waals surface area (Å²) >= 11 is 1.35. The molecule has 0 aliphatic rings. The first-order valence-electron chi connectivity index (χ1n) is 9.88. The number of fused-ring (bicyclic) bond motifs is 3. The average Bonchev–Trinajstić information content (AvgIpc) is 3.22. The number of para-hydroxylation sites is 1. The lowest BCUT2D eigenvalue weighted by Crippen LogP contribution is -2.18. The van der Waals surface area contributed by atoms with E-state index in [1.54, 1.807) is 12.1 Å². The van der Waals surface area contributed by atoms with E-state index in [1.165, 1.54) is 23.5 Å². The van der Waals surface area contributed by atoms with Crippen LogP contribution in [0.4, 0.5) is 15.2 Å². The summed E-state index contributed by atoms with van der Waals surface area (Å²) < 4.78 is 42.0. The maximum atomic E-state index is 13.2. The Kier molecular flexibility index (Phi) is 5.27. The molecule has 5 rings (SSSR count). The highest BCUT2D eigenvalue weighted by Gasteiger charge is 2.20. The van der Waals surface area contributed by atoms with Gasteiger partial charge in [-0.3, -0.25) is 14.8 Å². The number of rotatable bonds is 5. The van der Waals surface area contributed by atoms with Crippen molar-refractivity contribution in [2.45, 2.75) is 4.90 Å². The molecule has 1 aromatic heterocycles. The van der Waals surface area contributed by atoms with Crippen LogP contribution in [0.2, 0.25) is 0 Å². The van der Waals surface area contributed by atoms with Crippen molar-refractivity contribution in [2.75, 3.05) is 10.0 Å². The summed E-state index contributed by atoms with van der Waals surface area (Å²) in [6.45, 7) is 0. The molecule has 5 aromatic rings. The number of thiazole rings is 1. The van der Waals surface area contributed by atoms with Crippen LogP contribution in [0, 0.1) is 5.82 Å². The van der Waals surface area contributed by atoms with E-state index in [0.717, 1.165) is 45.3 Å². The molecule has 0 fully saturated rings. The predicted octanol–water partition coefficient (Wildman–Crippen LogP) is 5.64. The minimum Gasteiger partial charge on any atom is -0.298 e. The van der Waals surface area contributed by atoms with Gasteiger partial charge in [0.15, 0.2) is 5.13 Å². The largest absolute Gasteiger partial charge is 0.298 e. The van der Waals surface area contributed by atoms with E-state index in [2.05, 4.69) is 15.0 Å². The molecule has 0 saturated carbocycles. The molecule has 33 heavy (non-hydrogen) atoms. The maximum absolute atomic E-state index is 13.2. The molecule has 0 radical (unpaired) electrons. The highest BCUT2D eigenvalue weighted by molar-refractivity contribution is 7.92. The van der Waals surface area contributed by atoms with Crippen LogP contribution in [-0.2, 0) is 10.0 Å². The normalized spacial score (nSPS) is 11.5. The first-order valence-corrected chi connectivity index (χ1v) is 12.2. The van der Waals surface area contributed by atoms with Crippen LogP contribution >= 0.6 is 11.3 Å². The highest BCUT2D eigenvalue weighted by Crippen LogP contribution is 2.33. The Morgan fingerprint density at radius 1 is 0.879 bits per heavy atom. The summed E-state index contributed by atoms with van der Waals surface area (Å²) in [5.74, 6) is -1.05. The molecule has 0 saturated heterocycles. The minimum absolute atomic E-state index is 0.103. The number of nitrogens with one attached hydrogen (secondary N) is 2.